The van der Waals surface area contributed by atoms with E-state index in [0.29, 0.717) is 6.61 Å². The number of unbranched alkanes of at least 4 members (excludes halogenated alkanes) is 2. The van der Waals surface area contributed by atoms with Gasteiger partial charge in [-0.2, -0.15) is 0 Å². The van der Waals surface area contributed by atoms with Crippen molar-refractivity contribution in [1.82, 2.24) is 4.90 Å². The number of rotatable bonds is 4. The van der Waals surface area contributed by atoms with Crippen molar-refractivity contribution in [1.29, 1.82) is 0 Å². The molecule has 1 saturated heterocycles. The van der Waals surface area contributed by atoms with Crippen LogP contribution in [0.15, 0.2) is 12.2 Å². The average molecular weight is 293 g/mol. The summed E-state index contributed by atoms with van der Waals surface area (Å²) < 4.78 is 11.2. The summed E-state index contributed by atoms with van der Waals surface area (Å²) in [5, 5.41) is 0. The van der Waals surface area contributed by atoms with E-state index in [9.17, 15) is 4.79 Å². The van der Waals surface area contributed by atoms with Crippen LogP contribution in [0, 0.1) is 12.3 Å². The summed E-state index contributed by atoms with van der Waals surface area (Å²) in [4.78, 5) is 14.0. The van der Waals surface area contributed by atoms with E-state index < -0.39 is 11.3 Å². The summed E-state index contributed by atoms with van der Waals surface area (Å²) in [7, 11) is 0. The monoisotopic (exact) mass is 293 g/mol. The number of hydrogen-bond donors (Lipinski definition) is 0. The van der Waals surface area contributed by atoms with E-state index >= 15 is 0 Å². The molecule has 0 N–H and O–H groups in total. The van der Waals surface area contributed by atoms with Crippen molar-refractivity contribution in [2.45, 2.75) is 71.2 Å². The van der Waals surface area contributed by atoms with Crippen LogP contribution in [-0.2, 0) is 9.47 Å². The van der Waals surface area contributed by atoms with Crippen molar-refractivity contribution >= 4 is 6.09 Å². The lowest BCUT2D eigenvalue weighted by molar-refractivity contribution is -0.0610. The predicted molar refractivity (Wildman–Crippen MR) is 83.7 cm³/mol. The van der Waals surface area contributed by atoms with Gasteiger partial charge in [0.15, 0.2) is 0 Å². The van der Waals surface area contributed by atoms with E-state index in [1.54, 1.807) is 4.90 Å². The Bertz CT molecular complexity index is 426. The van der Waals surface area contributed by atoms with Crippen molar-refractivity contribution in [3.8, 4) is 12.3 Å². The van der Waals surface area contributed by atoms with Crippen molar-refractivity contribution in [3.63, 3.8) is 0 Å². The normalized spacial score (nSPS) is 21.5. The Morgan fingerprint density at radius 3 is 2.76 bits per heavy atom. The molecule has 4 nitrogen and oxygen atoms in total. The second-order valence-corrected chi connectivity index (χ2v) is 6.70. The maximum atomic E-state index is 12.4. The Labute approximate surface area is 128 Å². The quantitative estimate of drug-likeness (QED) is 0.450. The number of nitrogens with zero attached hydrogens (tertiary/aromatic N) is 1. The fraction of sp³-hybridized carbons (Fsp3) is 0.706. The average Bonchev–Trinajstić information content (AvgIpc) is 2.62. The maximum Gasteiger partial charge on any atom is 0.413 e. The molecule has 21 heavy (non-hydrogen) atoms. The minimum atomic E-state index is -0.657. The SMILES string of the molecule is C#CCCC/C=C\[C@@H]1COC(C)(C)N1C(=O)OC(C)(C)C. The molecule has 1 rings (SSSR count). The molecule has 1 fully saturated rings. The first-order chi connectivity index (χ1) is 9.67. The number of carbonyl (C=O) groups is 1. The Hall–Kier alpha value is -1.47. The van der Waals surface area contributed by atoms with Gasteiger partial charge in [0.25, 0.3) is 0 Å². The van der Waals surface area contributed by atoms with E-state index in [1.807, 2.05) is 40.7 Å². The molecular formula is C17H27NO3. The van der Waals surface area contributed by atoms with Gasteiger partial charge in [-0.05, 0) is 47.5 Å². The van der Waals surface area contributed by atoms with Gasteiger partial charge in [0.1, 0.15) is 11.3 Å². The molecule has 0 saturated carbocycles. The molecule has 4 heteroatoms. The van der Waals surface area contributed by atoms with E-state index in [2.05, 4.69) is 12.0 Å². The molecule has 1 atom stereocenters. The first kappa shape index (κ1) is 17.6. The molecule has 1 aliphatic heterocycles. The molecule has 1 amide bonds. The van der Waals surface area contributed by atoms with Crippen molar-refractivity contribution < 1.29 is 14.3 Å². The van der Waals surface area contributed by atoms with Crippen LogP contribution < -0.4 is 0 Å². The fourth-order valence-electron chi connectivity index (χ4n) is 2.22. The molecular weight excluding hydrogens is 266 g/mol. The summed E-state index contributed by atoms with van der Waals surface area (Å²) in [6.07, 6.45) is 11.6. The Morgan fingerprint density at radius 2 is 2.19 bits per heavy atom. The highest BCUT2D eigenvalue weighted by molar-refractivity contribution is 5.70. The van der Waals surface area contributed by atoms with Gasteiger partial charge in [0.2, 0.25) is 0 Å². The first-order valence-electron chi connectivity index (χ1n) is 7.44. The summed E-state index contributed by atoms with van der Waals surface area (Å²) in [6, 6.07) is -0.0966. The van der Waals surface area contributed by atoms with Crippen LogP contribution in [0.1, 0.15) is 53.9 Å². The molecule has 0 unspecified atom stereocenters. The zero-order valence-electron chi connectivity index (χ0n) is 13.8. The molecule has 0 aromatic rings. The standard InChI is InChI=1S/C17H27NO3/c1-7-8-9-10-11-12-14-13-20-17(5,6)18(14)15(19)21-16(2,3)4/h1,11-12,14H,8-10,13H2,2-6H3/b12-11-/t14-/m1/s1. The number of carbonyl (C=O) groups excluding carboxylic acids is 1. The van der Waals surface area contributed by atoms with Crippen LogP contribution in [0.4, 0.5) is 4.79 Å². The zero-order valence-corrected chi connectivity index (χ0v) is 13.8. The second-order valence-electron chi connectivity index (χ2n) is 6.70. The minimum Gasteiger partial charge on any atom is -0.444 e. The predicted octanol–water partition coefficient (Wildman–Crippen LogP) is 3.72. The lowest BCUT2D eigenvalue weighted by Gasteiger charge is -2.34. The smallest absolute Gasteiger partial charge is 0.413 e. The van der Waals surface area contributed by atoms with E-state index in [0.717, 1.165) is 19.3 Å². The topological polar surface area (TPSA) is 38.8 Å². The van der Waals surface area contributed by atoms with E-state index in [1.165, 1.54) is 0 Å². The van der Waals surface area contributed by atoms with Crippen LogP contribution in [0.25, 0.3) is 0 Å². The zero-order chi connectivity index (χ0) is 16.1. The number of amides is 1. The molecule has 0 spiro atoms. The molecule has 0 aromatic heterocycles. The number of ether oxygens (including phenoxy) is 2. The van der Waals surface area contributed by atoms with Gasteiger partial charge in [-0.1, -0.05) is 12.2 Å². The molecule has 1 heterocycles. The number of hydrogen-bond acceptors (Lipinski definition) is 3. The summed E-state index contributed by atoms with van der Waals surface area (Å²) in [5.41, 5.74) is -1.17. The lowest BCUT2D eigenvalue weighted by Crippen LogP contribution is -2.49. The third-order valence-corrected chi connectivity index (χ3v) is 3.16. The number of allylic oxidation sites excluding steroid dienone is 1. The van der Waals surface area contributed by atoms with Gasteiger partial charge in [0.05, 0.1) is 12.6 Å². The second kappa shape index (κ2) is 7.00. The molecule has 0 aromatic carbocycles. The van der Waals surface area contributed by atoms with Crippen molar-refractivity contribution in [2.24, 2.45) is 0 Å². The third-order valence-electron chi connectivity index (χ3n) is 3.16. The van der Waals surface area contributed by atoms with Crippen LogP contribution in [0.3, 0.4) is 0 Å². The van der Waals surface area contributed by atoms with Gasteiger partial charge in [0, 0.05) is 6.42 Å². The Kier molecular flexibility index (Phi) is 5.86. The lowest BCUT2D eigenvalue weighted by atomic mass is 10.1. The molecule has 0 aliphatic carbocycles. The van der Waals surface area contributed by atoms with Crippen molar-refractivity contribution in [2.75, 3.05) is 6.61 Å². The molecule has 1 aliphatic rings. The Morgan fingerprint density at radius 1 is 1.52 bits per heavy atom. The molecule has 0 bridgehead atoms. The number of terminal acetylenes is 1. The van der Waals surface area contributed by atoms with Crippen LogP contribution in [0.5, 0.6) is 0 Å². The van der Waals surface area contributed by atoms with Crippen LogP contribution in [0.2, 0.25) is 0 Å². The van der Waals surface area contributed by atoms with Crippen molar-refractivity contribution in [3.05, 3.63) is 12.2 Å². The fourth-order valence-corrected chi connectivity index (χ4v) is 2.22. The largest absolute Gasteiger partial charge is 0.444 e. The van der Waals surface area contributed by atoms with Gasteiger partial charge in [-0.25, -0.2) is 4.79 Å². The Balaban J connectivity index is 2.71. The van der Waals surface area contributed by atoms with Gasteiger partial charge in [-0.3, -0.25) is 4.90 Å². The highest BCUT2D eigenvalue weighted by Gasteiger charge is 2.44. The summed E-state index contributed by atoms with van der Waals surface area (Å²) >= 11 is 0. The molecule has 118 valence electrons. The summed E-state index contributed by atoms with van der Waals surface area (Å²) in [5.74, 6) is 2.62. The van der Waals surface area contributed by atoms with E-state index in [4.69, 9.17) is 15.9 Å². The van der Waals surface area contributed by atoms with Crippen LogP contribution >= 0.6 is 0 Å². The highest BCUT2D eigenvalue weighted by atomic mass is 16.6. The highest BCUT2D eigenvalue weighted by Crippen LogP contribution is 2.30. The van der Waals surface area contributed by atoms with E-state index in [-0.39, 0.29) is 12.1 Å². The maximum absolute atomic E-state index is 12.4. The van der Waals surface area contributed by atoms with Gasteiger partial charge >= 0.3 is 6.09 Å². The van der Waals surface area contributed by atoms with Gasteiger partial charge in [-0.15, -0.1) is 12.3 Å². The van der Waals surface area contributed by atoms with Crippen LogP contribution in [-0.4, -0.2) is 35.0 Å². The third kappa shape index (κ3) is 5.43. The summed E-state index contributed by atoms with van der Waals surface area (Å²) in [6.45, 7) is 9.82. The van der Waals surface area contributed by atoms with Gasteiger partial charge < -0.3 is 9.47 Å². The minimum absolute atomic E-state index is 0.0966. The first-order valence-corrected chi connectivity index (χ1v) is 7.44. The molecule has 0 radical (unpaired) electrons.